The molecule has 3 aromatic heterocycles. The van der Waals surface area contributed by atoms with Gasteiger partial charge in [-0.2, -0.15) is 0 Å². The smallest absolute Gasteiger partial charge is 0.147 e. The Labute approximate surface area is 135 Å². The Bertz CT molecular complexity index is 805. The lowest BCUT2D eigenvalue weighted by atomic mass is 10.1. The molecule has 4 rings (SSSR count). The van der Waals surface area contributed by atoms with E-state index < -0.39 is 0 Å². The van der Waals surface area contributed by atoms with Crippen molar-refractivity contribution in [3.8, 4) is 11.3 Å². The second-order valence-corrected chi connectivity index (χ2v) is 5.95. The van der Waals surface area contributed by atoms with Gasteiger partial charge in [-0.15, -0.1) is 0 Å². The number of aromatic amines is 1. The van der Waals surface area contributed by atoms with Crippen molar-refractivity contribution < 1.29 is 0 Å². The highest BCUT2D eigenvalue weighted by molar-refractivity contribution is 5.91. The summed E-state index contributed by atoms with van der Waals surface area (Å²) in [5.41, 5.74) is 2.82. The third kappa shape index (κ3) is 2.66. The van der Waals surface area contributed by atoms with Crippen LogP contribution in [0.15, 0.2) is 36.9 Å². The van der Waals surface area contributed by atoms with Gasteiger partial charge in [0.1, 0.15) is 11.5 Å². The lowest BCUT2D eigenvalue weighted by Crippen LogP contribution is -2.41. The molecule has 0 aliphatic carbocycles. The Morgan fingerprint density at radius 2 is 2.04 bits per heavy atom. The number of hydrogen-bond donors (Lipinski definition) is 2. The van der Waals surface area contributed by atoms with Gasteiger partial charge in [-0.25, -0.2) is 9.97 Å². The molecule has 0 amide bonds. The van der Waals surface area contributed by atoms with Crippen molar-refractivity contribution in [1.82, 2.24) is 25.3 Å². The molecular formula is C17H20N6. The maximum atomic E-state index is 4.85. The Kier molecular flexibility index (Phi) is 3.67. The third-order valence-corrected chi connectivity index (χ3v) is 4.58. The van der Waals surface area contributed by atoms with E-state index in [9.17, 15) is 0 Å². The van der Waals surface area contributed by atoms with Crippen molar-refractivity contribution in [3.05, 3.63) is 36.9 Å². The van der Waals surface area contributed by atoms with Gasteiger partial charge < -0.3 is 15.2 Å². The maximum Gasteiger partial charge on any atom is 0.147 e. The Morgan fingerprint density at radius 3 is 2.91 bits per heavy atom. The predicted octanol–water partition coefficient (Wildman–Crippen LogP) is 2.21. The summed E-state index contributed by atoms with van der Waals surface area (Å²) in [6.45, 7) is 2.13. The van der Waals surface area contributed by atoms with Crippen LogP contribution in [0.4, 0.5) is 5.82 Å². The van der Waals surface area contributed by atoms with Crippen LogP contribution >= 0.6 is 0 Å². The molecule has 0 spiro atoms. The number of anilines is 1. The fraction of sp³-hybridized carbons (Fsp3) is 0.353. The molecule has 0 radical (unpaired) electrons. The second kappa shape index (κ2) is 5.96. The number of aromatic nitrogens is 4. The fourth-order valence-electron chi connectivity index (χ4n) is 3.22. The van der Waals surface area contributed by atoms with Crippen LogP contribution < -0.4 is 10.2 Å². The first-order valence-corrected chi connectivity index (χ1v) is 8.01. The molecular weight excluding hydrogens is 288 g/mol. The summed E-state index contributed by atoms with van der Waals surface area (Å²) in [4.78, 5) is 19.0. The highest BCUT2D eigenvalue weighted by Crippen LogP contribution is 2.27. The molecule has 0 bridgehead atoms. The van der Waals surface area contributed by atoms with Crippen LogP contribution in [0, 0.1) is 0 Å². The Balaban J connectivity index is 1.69. The summed E-state index contributed by atoms with van der Waals surface area (Å²) in [5, 5.41) is 4.47. The van der Waals surface area contributed by atoms with Gasteiger partial charge in [0.2, 0.25) is 0 Å². The van der Waals surface area contributed by atoms with Crippen LogP contribution in [0.2, 0.25) is 0 Å². The normalized spacial score (nSPS) is 15.9. The minimum Gasteiger partial charge on any atom is -0.355 e. The first kappa shape index (κ1) is 14.1. The van der Waals surface area contributed by atoms with Gasteiger partial charge in [-0.3, -0.25) is 4.98 Å². The number of H-pyrrole nitrogens is 1. The van der Waals surface area contributed by atoms with E-state index in [-0.39, 0.29) is 0 Å². The molecule has 23 heavy (non-hydrogen) atoms. The molecule has 1 aliphatic rings. The zero-order chi connectivity index (χ0) is 15.6. The van der Waals surface area contributed by atoms with Gasteiger partial charge in [-0.1, -0.05) is 0 Å². The number of nitrogens with one attached hydrogen (secondary N) is 2. The standard InChI is InChI=1S/C17H20N6/c1-23(12-2-6-18-7-3-12)16-11-19-10-15(22-16)13-4-8-20-17-14(13)5-9-21-17/h4-5,8-12,18H,2-3,6-7H2,1H3,(H,20,21). The van der Waals surface area contributed by atoms with Gasteiger partial charge in [0.25, 0.3) is 0 Å². The first-order chi connectivity index (χ1) is 11.3. The van der Waals surface area contributed by atoms with E-state index in [0.29, 0.717) is 6.04 Å². The van der Waals surface area contributed by atoms with E-state index in [4.69, 9.17) is 4.98 Å². The monoisotopic (exact) mass is 308 g/mol. The number of hydrogen-bond acceptors (Lipinski definition) is 5. The van der Waals surface area contributed by atoms with E-state index in [2.05, 4.69) is 32.2 Å². The molecule has 2 N–H and O–H groups in total. The highest BCUT2D eigenvalue weighted by atomic mass is 15.2. The molecule has 3 aromatic rings. The quantitative estimate of drug-likeness (QED) is 0.776. The van der Waals surface area contributed by atoms with Gasteiger partial charge in [0.15, 0.2) is 0 Å². The van der Waals surface area contributed by atoms with Crippen LogP contribution in [0.3, 0.4) is 0 Å². The Hall–Kier alpha value is -2.47. The molecule has 6 nitrogen and oxygen atoms in total. The fourth-order valence-corrected chi connectivity index (χ4v) is 3.22. The molecule has 6 heteroatoms. The summed E-state index contributed by atoms with van der Waals surface area (Å²) in [6, 6.07) is 4.54. The topological polar surface area (TPSA) is 69.7 Å². The summed E-state index contributed by atoms with van der Waals surface area (Å²) < 4.78 is 0. The lowest BCUT2D eigenvalue weighted by Gasteiger charge is -2.32. The summed E-state index contributed by atoms with van der Waals surface area (Å²) in [7, 11) is 2.11. The average molecular weight is 308 g/mol. The third-order valence-electron chi connectivity index (χ3n) is 4.58. The minimum atomic E-state index is 0.519. The van der Waals surface area contributed by atoms with Gasteiger partial charge >= 0.3 is 0 Å². The number of fused-ring (bicyclic) bond motifs is 1. The highest BCUT2D eigenvalue weighted by Gasteiger charge is 2.19. The zero-order valence-electron chi connectivity index (χ0n) is 13.2. The van der Waals surface area contributed by atoms with Gasteiger partial charge in [0.05, 0.1) is 18.1 Å². The van der Waals surface area contributed by atoms with Gasteiger partial charge in [0, 0.05) is 36.4 Å². The van der Waals surface area contributed by atoms with E-state index in [1.54, 1.807) is 6.20 Å². The number of nitrogens with zero attached hydrogens (tertiary/aromatic N) is 4. The molecule has 118 valence electrons. The zero-order valence-corrected chi connectivity index (χ0v) is 13.2. The van der Waals surface area contributed by atoms with Crippen molar-refractivity contribution in [2.45, 2.75) is 18.9 Å². The van der Waals surface area contributed by atoms with Crippen molar-refractivity contribution in [2.75, 3.05) is 25.0 Å². The van der Waals surface area contributed by atoms with E-state index in [0.717, 1.165) is 54.0 Å². The van der Waals surface area contributed by atoms with Crippen LogP contribution in [0.5, 0.6) is 0 Å². The van der Waals surface area contributed by atoms with E-state index in [1.165, 1.54) is 0 Å². The molecule has 0 atom stereocenters. The van der Waals surface area contributed by atoms with E-state index >= 15 is 0 Å². The van der Waals surface area contributed by atoms with Crippen molar-refractivity contribution in [2.24, 2.45) is 0 Å². The van der Waals surface area contributed by atoms with Crippen molar-refractivity contribution in [1.29, 1.82) is 0 Å². The van der Waals surface area contributed by atoms with Crippen molar-refractivity contribution >= 4 is 16.9 Å². The molecule has 0 aromatic carbocycles. The van der Waals surface area contributed by atoms with E-state index in [1.807, 2.05) is 30.7 Å². The number of pyridine rings is 1. The van der Waals surface area contributed by atoms with Crippen LogP contribution in [0.25, 0.3) is 22.3 Å². The summed E-state index contributed by atoms with van der Waals surface area (Å²) >= 11 is 0. The Morgan fingerprint density at radius 1 is 1.17 bits per heavy atom. The van der Waals surface area contributed by atoms with Crippen LogP contribution in [-0.2, 0) is 0 Å². The lowest BCUT2D eigenvalue weighted by molar-refractivity contribution is 0.441. The number of piperidine rings is 1. The average Bonchev–Trinajstić information content (AvgIpc) is 3.10. The summed E-state index contributed by atoms with van der Waals surface area (Å²) in [5.74, 6) is 0.926. The van der Waals surface area contributed by atoms with Crippen LogP contribution in [-0.4, -0.2) is 46.1 Å². The SMILES string of the molecule is CN(c1cncc(-c2ccnc3[nH]ccc23)n1)C1CCNCC1. The number of rotatable bonds is 3. The molecule has 0 unspecified atom stereocenters. The molecule has 4 heterocycles. The van der Waals surface area contributed by atoms with Gasteiger partial charge in [-0.05, 0) is 38.1 Å². The molecule has 1 saturated heterocycles. The van der Waals surface area contributed by atoms with Crippen LogP contribution in [0.1, 0.15) is 12.8 Å². The minimum absolute atomic E-state index is 0.519. The molecule has 0 saturated carbocycles. The summed E-state index contributed by atoms with van der Waals surface area (Å²) in [6.07, 6.45) is 9.65. The predicted molar refractivity (Wildman–Crippen MR) is 91.4 cm³/mol. The van der Waals surface area contributed by atoms with Crippen molar-refractivity contribution in [3.63, 3.8) is 0 Å². The first-order valence-electron chi connectivity index (χ1n) is 8.01. The molecule has 1 fully saturated rings. The maximum absolute atomic E-state index is 4.85. The molecule has 1 aliphatic heterocycles. The second-order valence-electron chi connectivity index (χ2n) is 5.95. The largest absolute Gasteiger partial charge is 0.355 e.